The molecule has 25 heavy (non-hydrogen) atoms. The van der Waals surface area contributed by atoms with Crippen molar-refractivity contribution in [2.24, 2.45) is 0 Å². The maximum atomic E-state index is 12.7. The van der Waals surface area contributed by atoms with Gasteiger partial charge in [-0.15, -0.1) is 5.10 Å². The van der Waals surface area contributed by atoms with Crippen molar-refractivity contribution < 1.29 is 9.63 Å². The number of aromatic nitrogens is 3. The fourth-order valence-corrected chi connectivity index (χ4v) is 3.26. The van der Waals surface area contributed by atoms with Crippen molar-refractivity contribution in [2.45, 2.75) is 32.2 Å². The summed E-state index contributed by atoms with van der Waals surface area (Å²) in [7, 11) is 3.60. The summed E-state index contributed by atoms with van der Waals surface area (Å²) in [4.78, 5) is 19.8. The molecule has 134 valence electrons. The quantitative estimate of drug-likeness (QED) is 0.776. The highest BCUT2D eigenvalue weighted by atomic mass is 16.7. The van der Waals surface area contributed by atoms with E-state index in [1.54, 1.807) is 18.0 Å². The van der Waals surface area contributed by atoms with Gasteiger partial charge in [0.15, 0.2) is 5.69 Å². The first kappa shape index (κ1) is 17.6. The van der Waals surface area contributed by atoms with Crippen LogP contribution in [-0.4, -0.2) is 64.2 Å². The Morgan fingerprint density at radius 2 is 2.04 bits per heavy atom. The zero-order valence-electron chi connectivity index (χ0n) is 15.1. The van der Waals surface area contributed by atoms with E-state index in [9.17, 15) is 4.79 Å². The fraction of sp³-hybridized carbons (Fsp3) is 0.500. The molecule has 1 amide bonds. The van der Waals surface area contributed by atoms with Crippen LogP contribution in [0.15, 0.2) is 30.5 Å². The Balaban J connectivity index is 1.69. The number of hydrogen-bond donors (Lipinski definition) is 0. The lowest BCUT2D eigenvalue weighted by Crippen LogP contribution is -2.45. The first-order chi connectivity index (χ1) is 12.1. The van der Waals surface area contributed by atoms with Crippen LogP contribution < -0.4 is 0 Å². The Labute approximate surface area is 148 Å². The van der Waals surface area contributed by atoms with Gasteiger partial charge in [-0.2, -0.15) is 5.06 Å². The van der Waals surface area contributed by atoms with Crippen LogP contribution in [-0.2, 0) is 11.3 Å². The zero-order valence-corrected chi connectivity index (χ0v) is 15.1. The molecule has 2 aromatic rings. The van der Waals surface area contributed by atoms with Crippen molar-refractivity contribution in [1.82, 2.24) is 25.0 Å². The number of benzene rings is 1. The molecular weight excluding hydrogens is 318 g/mol. The number of hydroxylamine groups is 2. The van der Waals surface area contributed by atoms with E-state index in [0.29, 0.717) is 24.8 Å². The number of likely N-dealkylation sites (tertiary alicyclic amines) is 1. The van der Waals surface area contributed by atoms with E-state index in [4.69, 9.17) is 4.84 Å². The fourth-order valence-electron chi connectivity index (χ4n) is 3.26. The molecule has 1 saturated heterocycles. The van der Waals surface area contributed by atoms with E-state index >= 15 is 0 Å². The van der Waals surface area contributed by atoms with Gasteiger partial charge in [-0.05, 0) is 30.9 Å². The normalized spacial score (nSPS) is 15.8. The average molecular weight is 343 g/mol. The lowest BCUT2D eigenvalue weighted by atomic mass is 10.0. The third-order valence-corrected chi connectivity index (χ3v) is 4.89. The number of piperidine rings is 1. The second kappa shape index (κ2) is 7.76. The van der Waals surface area contributed by atoms with E-state index < -0.39 is 0 Å². The van der Waals surface area contributed by atoms with Gasteiger partial charge in [0, 0.05) is 26.2 Å². The van der Waals surface area contributed by atoms with Crippen LogP contribution in [0.4, 0.5) is 0 Å². The lowest BCUT2D eigenvalue weighted by molar-refractivity contribution is -0.149. The number of carbonyl (C=O) groups excluding carboxylic acids is 1. The summed E-state index contributed by atoms with van der Waals surface area (Å²) >= 11 is 0. The van der Waals surface area contributed by atoms with E-state index in [1.807, 2.05) is 35.2 Å². The van der Waals surface area contributed by atoms with Crippen LogP contribution in [0.25, 0.3) is 5.69 Å². The number of hydrogen-bond acceptors (Lipinski definition) is 5. The van der Waals surface area contributed by atoms with Gasteiger partial charge in [-0.25, -0.2) is 4.68 Å². The van der Waals surface area contributed by atoms with Crippen molar-refractivity contribution in [1.29, 1.82) is 0 Å². The summed E-state index contributed by atoms with van der Waals surface area (Å²) in [6.07, 6.45) is 4.41. The summed E-state index contributed by atoms with van der Waals surface area (Å²) < 4.78 is 1.69. The van der Waals surface area contributed by atoms with Crippen LogP contribution in [0, 0.1) is 0 Å². The first-order valence-electron chi connectivity index (χ1n) is 8.71. The maximum Gasteiger partial charge on any atom is 0.276 e. The van der Waals surface area contributed by atoms with Gasteiger partial charge in [0.05, 0.1) is 19.0 Å². The number of carbonyl (C=O) groups is 1. The molecule has 0 bridgehead atoms. The molecular formula is C18H25N5O2. The predicted octanol–water partition coefficient (Wildman–Crippen LogP) is 1.93. The summed E-state index contributed by atoms with van der Waals surface area (Å²) in [6, 6.07) is 8.38. The monoisotopic (exact) mass is 343 g/mol. The Bertz CT molecular complexity index is 722. The Hall–Kier alpha value is -2.25. The number of aryl methyl sites for hydroxylation is 1. The van der Waals surface area contributed by atoms with Gasteiger partial charge in [-0.1, -0.05) is 30.3 Å². The molecule has 0 aliphatic carbocycles. The Kier molecular flexibility index (Phi) is 5.45. The van der Waals surface area contributed by atoms with Crippen molar-refractivity contribution in [3.05, 3.63) is 41.7 Å². The number of nitrogens with zero attached hydrogens (tertiary/aromatic N) is 5. The molecule has 7 heteroatoms. The van der Waals surface area contributed by atoms with E-state index in [0.717, 1.165) is 24.9 Å². The molecule has 7 nitrogen and oxygen atoms in total. The van der Waals surface area contributed by atoms with Crippen LogP contribution in [0.2, 0.25) is 0 Å². The Morgan fingerprint density at radius 3 is 2.72 bits per heavy atom. The van der Waals surface area contributed by atoms with Crippen LogP contribution in [0.5, 0.6) is 0 Å². The molecule has 1 aromatic carbocycles. The van der Waals surface area contributed by atoms with Crippen molar-refractivity contribution in [3.63, 3.8) is 0 Å². The van der Waals surface area contributed by atoms with Gasteiger partial charge in [0.25, 0.3) is 5.91 Å². The maximum absolute atomic E-state index is 12.7. The second-order valence-corrected chi connectivity index (χ2v) is 6.28. The van der Waals surface area contributed by atoms with E-state index in [2.05, 4.69) is 23.3 Å². The smallest absolute Gasteiger partial charge is 0.276 e. The molecule has 0 unspecified atom stereocenters. The molecule has 1 aromatic heterocycles. The highest BCUT2D eigenvalue weighted by Crippen LogP contribution is 2.18. The second-order valence-electron chi connectivity index (χ2n) is 6.28. The largest absolute Gasteiger partial charge is 0.337 e. The highest BCUT2D eigenvalue weighted by molar-refractivity contribution is 5.92. The summed E-state index contributed by atoms with van der Waals surface area (Å²) in [6.45, 7) is 3.51. The number of para-hydroxylation sites is 1. The number of rotatable bonds is 5. The lowest BCUT2D eigenvalue weighted by Gasteiger charge is -2.35. The minimum Gasteiger partial charge on any atom is -0.337 e. The van der Waals surface area contributed by atoms with Crippen molar-refractivity contribution in [2.75, 3.05) is 27.2 Å². The van der Waals surface area contributed by atoms with Gasteiger partial charge in [0.2, 0.25) is 0 Å². The van der Waals surface area contributed by atoms with Crippen LogP contribution >= 0.6 is 0 Å². The SMILES string of the molecule is CCc1ccccc1-n1cc(C(=O)N2CCC(N(C)OC)CC2)nn1. The minimum absolute atomic E-state index is 0.0567. The molecule has 0 atom stereocenters. The molecule has 1 fully saturated rings. The third-order valence-electron chi connectivity index (χ3n) is 4.89. The molecule has 2 heterocycles. The molecule has 0 saturated carbocycles. The standard InChI is InChI=1S/C18H25N5O2/c1-4-14-7-5-6-8-17(14)23-13-16(19-20-23)18(24)22-11-9-15(10-12-22)21(2)25-3/h5-8,13,15H,4,9-12H2,1-3H3. The molecule has 3 rings (SSSR count). The number of amides is 1. The highest BCUT2D eigenvalue weighted by Gasteiger charge is 2.27. The van der Waals surface area contributed by atoms with Crippen molar-refractivity contribution in [3.8, 4) is 5.69 Å². The van der Waals surface area contributed by atoms with Gasteiger partial charge >= 0.3 is 0 Å². The average Bonchev–Trinajstić information content (AvgIpc) is 3.16. The summed E-state index contributed by atoms with van der Waals surface area (Å²) in [5.41, 5.74) is 2.54. The van der Waals surface area contributed by atoms with Crippen LogP contribution in [0.3, 0.4) is 0 Å². The topological polar surface area (TPSA) is 63.5 Å². The molecule has 0 radical (unpaired) electrons. The molecule has 1 aliphatic heterocycles. The first-order valence-corrected chi connectivity index (χ1v) is 8.71. The minimum atomic E-state index is -0.0567. The van der Waals surface area contributed by atoms with E-state index in [1.165, 1.54) is 5.56 Å². The third kappa shape index (κ3) is 3.72. The summed E-state index contributed by atoms with van der Waals surface area (Å²) in [5, 5.41) is 10.1. The zero-order chi connectivity index (χ0) is 17.8. The Morgan fingerprint density at radius 1 is 1.32 bits per heavy atom. The van der Waals surface area contributed by atoms with Gasteiger partial charge in [-0.3, -0.25) is 4.79 Å². The van der Waals surface area contributed by atoms with Gasteiger partial charge < -0.3 is 9.74 Å². The van der Waals surface area contributed by atoms with Crippen molar-refractivity contribution >= 4 is 5.91 Å². The van der Waals surface area contributed by atoms with Gasteiger partial charge in [0.1, 0.15) is 0 Å². The molecule has 1 aliphatic rings. The molecule has 0 spiro atoms. The van der Waals surface area contributed by atoms with E-state index in [-0.39, 0.29) is 5.91 Å². The summed E-state index contributed by atoms with van der Waals surface area (Å²) in [5.74, 6) is -0.0567. The predicted molar refractivity (Wildman–Crippen MR) is 94.4 cm³/mol. The molecule has 0 N–H and O–H groups in total. The van der Waals surface area contributed by atoms with Crippen LogP contribution in [0.1, 0.15) is 35.8 Å².